The first-order valence-electron chi connectivity index (χ1n) is 10.0. The number of rotatable bonds is 6. The number of carbonyl (C=O) groups is 4. The molecule has 0 aromatic heterocycles. The van der Waals surface area contributed by atoms with Crippen LogP contribution in [0, 0.1) is 0 Å². The van der Waals surface area contributed by atoms with Gasteiger partial charge in [0.15, 0.2) is 12.4 Å². The van der Waals surface area contributed by atoms with Crippen LogP contribution in [0.5, 0.6) is 0 Å². The van der Waals surface area contributed by atoms with E-state index in [9.17, 15) is 19.2 Å². The third-order valence-corrected chi connectivity index (χ3v) is 4.96. The molecule has 0 bridgehead atoms. The molecule has 0 radical (unpaired) electrons. The van der Waals surface area contributed by atoms with Crippen LogP contribution in [0.15, 0.2) is 54.6 Å². The van der Waals surface area contributed by atoms with Crippen molar-refractivity contribution < 1.29 is 23.9 Å². The number of ketones is 1. The van der Waals surface area contributed by atoms with Crippen LogP contribution >= 0.6 is 0 Å². The Labute approximate surface area is 174 Å². The molecule has 1 saturated carbocycles. The Kier molecular flexibility index (Phi) is 7.32. The fourth-order valence-electron chi connectivity index (χ4n) is 3.44. The zero-order valence-corrected chi connectivity index (χ0v) is 16.6. The minimum Gasteiger partial charge on any atom is -0.452 e. The highest BCUT2D eigenvalue weighted by Crippen LogP contribution is 2.17. The Bertz CT molecular complexity index is 920. The number of imide groups is 1. The van der Waals surface area contributed by atoms with Gasteiger partial charge in [0, 0.05) is 17.2 Å². The summed E-state index contributed by atoms with van der Waals surface area (Å²) in [5.74, 6) is -1.86. The molecule has 0 spiro atoms. The van der Waals surface area contributed by atoms with Gasteiger partial charge in [0.2, 0.25) is 0 Å². The van der Waals surface area contributed by atoms with E-state index in [1.807, 2.05) is 0 Å². The molecule has 0 aliphatic heterocycles. The zero-order chi connectivity index (χ0) is 21.3. The van der Waals surface area contributed by atoms with Crippen molar-refractivity contribution in [2.24, 2.45) is 0 Å². The first-order chi connectivity index (χ1) is 14.5. The summed E-state index contributed by atoms with van der Waals surface area (Å²) in [6.45, 7) is -0.620. The molecule has 7 heteroatoms. The Morgan fingerprint density at radius 3 is 2.17 bits per heavy atom. The van der Waals surface area contributed by atoms with Gasteiger partial charge in [-0.3, -0.25) is 14.9 Å². The van der Waals surface area contributed by atoms with E-state index in [0.29, 0.717) is 5.56 Å². The van der Waals surface area contributed by atoms with Gasteiger partial charge in [-0.2, -0.15) is 0 Å². The van der Waals surface area contributed by atoms with Gasteiger partial charge >= 0.3 is 12.0 Å². The van der Waals surface area contributed by atoms with Crippen molar-refractivity contribution in [3.63, 3.8) is 0 Å². The van der Waals surface area contributed by atoms with Crippen LogP contribution in [-0.4, -0.2) is 36.3 Å². The molecular weight excluding hydrogens is 384 g/mol. The molecular formula is C23H24N2O5. The van der Waals surface area contributed by atoms with Crippen LogP contribution in [0.4, 0.5) is 4.79 Å². The van der Waals surface area contributed by atoms with E-state index in [1.54, 1.807) is 42.5 Å². The summed E-state index contributed by atoms with van der Waals surface area (Å²) in [6.07, 6.45) is 5.05. The Balaban J connectivity index is 1.55. The van der Waals surface area contributed by atoms with Crippen molar-refractivity contribution in [2.45, 2.75) is 38.1 Å². The molecule has 2 aromatic carbocycles. The quantitative estimate of drug-likeness (QED) is 0.564. The van der Waals surface area contributed by atoms with E-state index in [2.05, 4.69) is 10.6 Å². The number of carbonyl (C=O) groups excluding carboxylic acids is 4. The summed E-state index contributed by atoms with van der Waals surface area (Å²) in [4.78, 5) is 49.0. The lowest BCUT2D eigenvalue weighted by Gasteiger charge is -2.22. The second kappa shape index (κ2) is 10.3. The SMILES string of the molecule is O=C(COC(=O)c1ccccc1C(=O)c1ccccc1)NC(=O)NC1CCCCC1. The molecule has 3 rings (SSSR count). The van der Waals surface area contributed by atoms with Crippen molar-refractivity contribution in [1.29, 1.82) is 0 Å². The van der Waals surface area contributed by atoms with E-state index in [1.165, 1.54) is 12.1 Å². The van der Waals surface area contributed by atoms with Crippen molar-refractivity contribution in [3.8, 4) is 0 Å². The fourth-order valence-corrected chi connectivity index (χ4v) is 3.44. The van der Waals surface area contributed by atoms with Crippen molar-refractivity contribution >= 4 is 23.7 Å². The van der Waals surface area contributed by atoms with Crippen molar-refractivity contribution in [2.75, 3.05) is 6.61 Å². The first-order valence-corrected chi connectivity index (χ1v) is 10.0. The Morgan fingerprint density at radius 1 is 0.833 bits per heavy atom. The van der Waals surface area contributed by atoms with Gasteiger partial charge in [-0.25, -0.2) is 9.59 Å². The minimum absolute atomic E-state index is 0.0602. The molecule has 2 aromatic rings. The summed E-state index contributed by atoms with van der Waals surface area (Å²) >= 11 is 0. The number of urea groups is 1. The highest BCUT2D eigenvalue weighted by molar-refractivity contribution is 6.14. The van der Waals surface area contributed by atoms with Gasteiger partial charge in [0.05, 0.1) is 5.56 Å². The summed E-state index contributed by atoms with van der Waals surface area (Å²) in [6, 6.07) is 14.3. The maximum Gasteiger partial charge on any atom is 0.339 e. The second-order valence-electron chi connectivity index (χ2n) is 7.17. The number of hydrogen-bond donors (Lipinski definition) is 2. The maximum atomic E-state index is 12.7. The van der Waals surface area contributed by atoms with E-state index >= 15 is 0 Å². The van der Waals surface area contributed by atoms with Crippen LogP contribution in [0.2, 0.25) is 0 Å². The molecule has 156 valence electrons. The lowest BCUT2D eigenvalue weighted by atomic mass is 9.96. The molecule has 0 atom stereocenters. The van der Waals surface area contributed by atoms with E-state index in [0.717, 1.165) is 32.1 Å². The molecule has 30 heavy (non-hydrogen) atoms. The van der Waals surface area contributed by atoms with E-state index < -0.39 is 24.5 Å². The van der Waals surface area contributed by atoms with E-state index in [4.69, 9.17) is 4.74 Å². The number of amides is 3. The molecule has 3 amide bonds. The average molecular weight is 408 g/mol. The van der Waals surface area contributed by atoms with Gasteiger partial charge in [-0.05, 0) is 18.9 Å². The standard InChI is InChI=1S/C23H24N2O5/c26-20(25-23(29)24-17-11-5-2-6-12-17)15-30-22(28)19-14-8-7-13-18(19)21(27)16-9-3-1-4-10-16/h1,3-4,7-10,13-14,17H,2,5-6,11-12,15H2,(H2,24,25,26,29). The number of esters is 1. The van der Waals surface area contributed by atoms with Gasteiger partial charge in [-0.1, -0.05) is 67.8 Å². The van der Waals surface area contributed by atoms with Crippen LogP contribution in [0.1, 0.15) is 58.4 Å². The van der Waals surface area contributed by atoms with Crippen LogP contribution < -0.4 is 10.6 Å². The Morgan fingerprint density at radius 2 is 1.47 bits per heavy atom. The second-order valence-corrected chi connectivity index (χ2v) is 7.17. The van der Waals surface area contributed by atoms with Crippen molar-refractivity contribution in [1.82, 2.24) is 10.6 Å². The average Bonchev–Trinajstić information content (AvgIpc) is 2.78. The van der Waals surface area contributed by atoms with Gasteiger partial charge in [0.1, 0.15) is 0 Å². The molecule has 1 aliphatic carbocycles. The van der Waals surface area contributed by atoms with E-state index in [-0.39, 0.29) is 23.0 Å². The molecule has 2 N–H and O–H groups in total. The third-order valence-electron chi connectivity index (χ3n) is 4.96. The third kappa shape index (κ3) is 5.76. The summed E-state index contributed by atoms with van der Waals surface area (Å²) in [5.41, 5.74) is 0.685. The number of nitrogens with one attached hydrogen (secondary N) is 2. The van der Waals surface area contributed by atoms with Crippen LogP contribution in [0.3, 0.4) is 0 Å². The van der Waals surface area contributed by atoms with Gasteiger partial charge in [0.25, 0.3) is 5.91 Å². The Hall–Kier alpha value is -3.48. The lowest BCUT2D eigenvalue weighted by Crippen LogP contribution is -2.46. The molecule has 0 unspecified atom stereocenters. The monoisotopic (exact) mass is 408 g/mol. The normalized spacial score (nSPS) is 13.9. The van der Waals surface area contributed by atoms with Crippen LogP contribution in [0.25, 0.3) is 0 Å². The minimum atomic E-state index is -0.808. The topological polar surface area (TPSA) is 102 Å². The highest BCUT2D eigenvalue weighted by Gasteiger charge is 2.21. The molecule has 0 heterocycles. The van der Waals surface area contributed by atoms with Crippen molar-refractivity contribution in [3.05, 3.63) is 71.3 Å². The fraction of sp³-hybridized carbons (Fsp3) is 0.304. The zero-order valence-electron chi connectivity index (χ0n) is 16.6. The summed E-state index contributed by atoms with van der Waals surface area (Å²) in [7, 11) is 0. The lowest BCUT2D eigenvalue weighted by molar-refractivity contribution is -0.123. The highest BCUT2D eigenvalue weighted by atomic mass is 16.5. The number of ether oxygens (including phenoxy) is 1. The van der Waals surface area contributed by atoms with Crippen LogP contribution in [-0.2, 0) is 9.53 Å². The maximum absolute atomic E-state index is 12.7. The largest absolute Gasteiger partial charge is 0.452 e. The smallest absolute Gasteiger partial charge is 0.339 e. The molecule has 1 fully saturated rings. The predicted molar refractivity (Wildman–Crippen MR) is 110 cm³/mol. The molecule has 7 nitrogen and oxygen atoms in total. The predicted octanol–water partition coefficient (Wildman–Crippen LogP) is 3.23. The summed E-state index contributed by atoms with van der Waals surface area (Å²) < 4.78 is 5.02. The first kappa shape index (κ1) is 21.2. The summed E-state index contributed by atoms with van der Waals surface area (Å²) in [5, 5.41) is 4.92. The molecule has 1 aliphatic rings. The van der Waals surface area contributed by atoms with Gasteiger partial charge in [-0.15, -0.1) is 0 Å². The van der Waals surface area contributed by atoms with Gasteiger partial charge < -0.3 is 10.1 Å². The molecule has 0 saturated heterocycles. The number of benzene rings is 2. The number of hydrogen-bond acceptors (Lipinski definition) is 5.